The smallest absolute Gasteiger partial charge is 0.274 e. The van der Waals surface area contributed by atoms with Crippen LogP contribution in [0.15, 0.2) is 40.9 Å². The van der Waals surface area contributed by atoms with Gasteiger partial charge in [0, 0.05) is 10.0 Å². The van der Waals surface area contributed by atoms with E-state index >= 15 is 0 Å². The highest BCUT2D eigenvalue weighted by atomic mass is 79.9. The summed E-state index contributed by atoms with van der Waals surface area (Å²) in [5, 5.41) is 11.9. The van der Waals surface area contributed by atoms with E-state index in [4.69, 9.17) is 14.7 Å². The summed E-state index contributed by atoms with van der Waals surface area (Å²) in [4.78, 5) is 11.4. The van der Waals surface area contributed by atoms with Crippen LogP contribution in [0, 0.1) is 0 Å². The average Bonchev–Trinajstić information content (AvgIpc) is 2.96. The van der Waals surface area contributed by atoms with Crippen molar-refractivity contribution in [3.63, 3.8) is 0 Å². The Morgan fingerprint density at radius 2 is 2.18 bits per heavy atom. The second-order valence-electron chi connectivity index (χ2n) is 4.68. The van der Waals surface area contributed by atoms with E-state index in [1.54, 1.807) is 30.8 Å². The highest BCUT2D eigenvalue weighted by Gasteiger charge is 2.26. The summed E-state index contributed by atoms with van der Waals surface area (Å²) in [6.07, 6.45) is -0.412. The minimum atomic E-state index is -0.575. The van der Waals surface area contributed by atoms with E-state index < -0.39 is 12.1 Å². The van der Waals surface area contributed by atoms with Gasteiger partial charge in [-0.15, -0.1) is 0 Å². The number of anilines is 1. The zero-order chi connectivity index (χ0) is 15.7. The van der Waals surface area contributed by atoms with E-state index in [1.165, 1.54) is 0 Å². The standard InChI is InChI=1S/C15H13BrN2O4/c1-21-13-7-9(16)3-4-10(13)15-17-11-6-8(14(19)18-20)2-5-12(11)22-15/h2-7,15,17,20H,1H3,(H,18,19). The number of halogens is 1. The van der Waals surface area contributed by atoms with Crippen molar-refractivity contribution in [2.24, 2.45) is 0 Å². The number of carbonyl (C=O) groups is 1. The van der Waals surface area contributed by atoms with Crippen LogP contribution in [-0.2, 0) is 0 Å². The first kappa shape index (κ1) is 14.7. The predicted octanol–water partition coefficient (Wildman–Crippen LogP) is 3.08. The number of amides is 1. The van der Waals surface area contributed by atoms with E-state index in [0.29, 0.717) is 22.7 Å². The van der Waals surface area contributed by atoms with Crippen molar-refractivity contribution < 1.29 is 19.5 Å². The molecule has 1 aliphatic rings. The molecule has 0 spiro atoms. The molecule has 0 saturated carbocycles. The van der Waals surface area contributed by atoms with Gasteiger partial charge in [-0.3, -0.25) is 10.0 Å². The van der Waals surface area contributed by atoms with Gasteiger partial charge >= 0.3 is 0 Å². The molecular formula is C15H13BrN2O4. The number of methoxy groups -OCH3 is 1. The Bertz CT molecular complexity index is 735. The second kappa shape index (κ2) is 5.86. The summed E-state index contributed by atoms with van der Waals surface area (Å²) in [6, 6.07) is 10.5. The van der Waals surface area contributed by atoms with Crippen LogP contribution in [0.2, 0.25) is 0 Å². The largest absolute Gasteiger partial charge is 0.496 e. The first-order valence-corrected chi connectivity index (χ1v) is 7.27. The number of fused-ring (bicyclic) bond motifs is 1. The maximum absolute atomic E-state index is 11.4. The van der Waals surface area contributed by atoms with Crippen LogP contribution in [0.1, 0.15) is 22.1 Å². The molecule has 0 fully saturated rings. The van der Waals surface area contributed by atoms with Crippen molar-refractivity contribution in [1.29, 1.82) is 0 Å². The SMILES string of the molecule is COc1cc(Br)ccc1C1Nc2cc(C(=O)NO)ccc2O1. The first-order chi connectivity index (χ1) is 10.6. The van der Waals surface area contributed by atoms with Crippen molar-refractivity contribution in [1.82, 2.24) is 5.48 Å². The molecule has 2 aromatic carbocycles. The highest BCUT2D eigenvalue weighted by Crippen LogP contribution is 2.41. The van der Waals surface area contributed by atoms with Gasteiger partial charge in [-0.1, -0.05) is 15.9 Å². The summed E-state index contributed by atoms with van der Waals surface area (Å²) in [6.45, 7) is 0. The molecule has 22 heavy (non-hydrogen) atoms. The zero-order valence-electron chi connectivity index (χ0n) is 11.6. The molecule has 1 heterocycles. The molecule has 1 aliphatic heterocycles. The summed E-state index contributed by atoms with van der Waals surface area (Å²) < 4.78 is 12.1. The van der Waals surface area contributed by atoms with Crippen LogP contribution >= 0.6 is 15.9 Å². The van der Waals surface area contributed by atoms with Gasteiger partial charge in [-0.2, -0.15) is 0 Å². The third-order valence-electron chi connectivity index (χ3n) is 3.35. The van der Waals surface area contributed by atoms with Gasteiger partial charge in [0.15, 0.2) is 6.23 Å². The molecule has 0 saturated heterocycles. The van der Waals surface area contributed by atoms with Gasteiger partial charge in [0.2, 0.25) is 0 Å². The molecule has 0 aromatic heterocycles. The van der Waals surface area contributed by atoms with Crippen LogP contribution in [0.3, 0.4) is 0 Å². The number of nitrogens with one attached hydrogen (secondary N) is 2. The molecule has 7 heteroatoms. The normalized spacial score (nSPS) is 15.5. The summed E-state index contributed by atoms with van der Waals surface area (Å²) in [7, 11) is 1.59. The van der Waals surface area contributed by atoms with Crippen molar-refractivity contribution in [2.75, 3.05) is 12.4 Å². The topological polar surface area (TPSA) is 79.8 Å². The zero-order valence-corrected chi connectivity index (χ0v) is 13.2. The molecule has 2 aromatic rings. The predicted molar refractivity (Wildman–Crippen MR) is 83.4 cm³/mol. The van der Waals surface area contributed by atoms with Crippen molar-refractivity contribution in [3.05, 3.63) is 52.0 Å². The van der Waals surface area contributed by atoms with Gasteiger partial charge in [0.1, 0.15) is 11.5 Å². The summed E-state index contributed by atoms with van der Waals surface area (Å²) in [5.41, 5.74) is 3.46. The lowest BCUT2D eigenvalue weighted by Gasteiger charge is -2.15. The van der Waals surface area contributed by atoms with Crippen LogP contribution in [0.25, 0.3) is 0 Å². The van der Waals surface area contributed by atoms with E-state index in [0.717, 1.165) is 10.0 Å². The Morgan fingerprint density at radius 3 is 2.91 bits per heavy atom. The van der Waals surface area contributed by atoms with Gasteiger partial charge in [0.25, 0.3) is 5.91 Å². The van der Waals surface area contributed by atoms with Gasteiger partial charge in [-0.25, -0.2) is 5.48 Å². The number of hydrogen-bond acceptors (Lipinski definition) is 5. The van der Waals surface area contributed by atoms with E-state index in [9.17, 15) is 4.79 Å². The Labute approximate surface area is 135 Å². The minimum absolute atomic E-state index is 0.334. The first-order valence-electron chi connectivity index (χ1n) is 6.47. The average molecular weight is 365 g/mol. The maximum Gasteiger partial charge on any atom is 0.274 e. The minimum Gasteiger partial charge on any atom is -0.496 e. The molecule has 114 valence electrons. The fourth-order valence-corrected chi connectivity index (χ4v) is 2.63. The Morgan fingerprint density at radius 1 is 1.36 bits per heavy atom. The molecule has 1 unspecified atom stereocenters. The van der Waals surface area contributed by atoms with Crippen LogP contribution in [0.5, 0.6) is 11.5 Å². The van der Waals surface area contributed by atoms with Crippen molar-refractivity contribution >= 4 is 27.5 Å². The molecule has 3 rings (SSSR count). The highest BCUT2D eigenvalue weighted by molar-refractivity contribution is 9.10. The van der Waals surface area contributed by atoms with Crippen LogP contribution in [-0.4, -0.2) is 18.2 Å². The number of benzene rings is 2. The second-order valence-corrected chi connectivity index (χ2v) is 5.60. The van der Waals surface area contributed by atoms with Crippen LogP contribution < -0.4 is 20.3 Å². The van der Waals surface area contributed by atoms with E-state index in [-0.39, 0.29) is 0 Å². The Hall–Kier alpha value is -2.25. The molecule has 0 bridgehead atoms. The maximum atomic E-state index is 11.4. The third kappa shape index (κ3) is 2.60. The number of hydroxylamine groups is 1. The lowest BCUT2D eigenvalue weighted by molar-refractivity contribution is 0.0706. The quantitative estimate of drug-likeness (QED) is 0.576. The molecule has 6 nitrogen and oxygen atoms in total. The third-order valence-corrected chi connectivity index (χ3v) is 3.85. The summed E-state index contributed by atoms with van der Waals surface area (Å²) >= 11 is 3.40. The lowest BCUT2D eigenvalue weighted by Crippen LogP contribution is -2.18. The molecular weight excluding hydrogens is 352 g/mol. The van der Waals surface area contributed by atoms with Gasteiger partial charge in [0.05, 0.1) is 18.4 Å². The van der Waals surface area contributed by atoms with Gasteiger partial charge in [-0.05, 0) is 36.4 Å². The van der Waals surface area contributed by atoms with Gasteiger partial charge < -0.3 is 14.8 Å². The fraction of sp³-hybridized carbons (Fsp3) is 0.133. The van der Waals surface area contributed by atoms with E-state index in [1.807, 2.05) is 18.2 Å². The van der Waals surface area contributed by atoms with Crippen molar-refractivity contribution in [2.45, 2.75) is 6.23 Å². The molecule has 0 aliphatic carbocycles. The number of hydrogen-bond donors (Lipinski definition) is 3. The molecule has 1 atom stereocenters. The summed E-state index contributed by atoms with van der Waals surface area (Å²) in [5.74, 6) is 0.742. The van der Waals surface area contributed by atoms with Crippen molar-refractivity contribution in [3.8, 4) is 11.5 Å². The molecule has 3 N–H and O–H groups in total. The lowest BCUT2D eigenvalue weighted by atomic mass is 10.1. The number of carbonyl (C=O) groups excluding carboxylic acids is 1. The monoisotopic (exact) mass is 364 g/mol. The molecule has 0 radical (unpaired) electrons. The van der Waals surface area contributed by atoms with E-state index in [2.05, 4.69) is 21.2 Å². The number of rotatable bonds is 3. The Kier molecular flexibility index (Phi) is 3.91. The fourth-order valence-electron chi connectivity index (χ4n) is 2.29. The Balaban J connectivity index is 1.90. The molecule has 1 amide bonds. The number of ether oxygens (including phenoxy) is 2. The van der Waals surface area contributed by atoms with Crippen LogP contribution in [0.4, 0.5) is 5.69 Å².